The third-order valence-corrected chi connectivity index (χ3v) is 8.86. The molecule has 0 N–H and O–H groups in total. The van der Waals surface area contributed by atoms with Crippen molar-refractivity contribution >= 4 is 33.0 Å². The Bertz CT molecular complexity index is 1280. The van der Waals surface area contributed by atoms with Crippen LogP contribution >= 0.6 is 11.3 Å². The SMILES string of the molecule is Cc1nc(CN2CCN(C(=O)c3cccc(S(=O)(=O)N4CCc5ccccc54)c3)CC2)cs1. The first-order valence-corrected chi connectivity index (χ1v) is 13.4. The minimum absolute atomic E-state index is 0.127. The molecule has 7 nitrogen and oxygen atoms in total. The van der Waals surface area contributed by atoms with Crippen molar-refractivity contribution in [1.29, 1.82) is 0 Å². The largest absolute Gasteiger partial charge is 0.336 e. The van der Waals surface area contributed by atoms with Gasteiger partial charge in [0.25, 0.3) is 15.9 Å². The number of benzene rings is 2. The van der Waals surface area contributed by atoms with Crippen molar-refractivity contribution in [3.05, 3.63) is 75.7 Å². The molecule has 0 saturated carbocycles. The lowest BCUT2D eigenvalue weighted by molar-refractivity contribution is 0.0627. The van der Waals surface area contributed by atoms with E-state index in [0.29, 0.717) is 31.6 Å². The van der Waals surface area contributed by atoms with Gasteiger partial charge in [-0.05, 0) is 43.2 Å². The topological polar surface area (TPSA) is 73.8 Å². The molecule has 9 heteroatoms. The van der Waals surface area contributed by atoms with Crippen LogP contribution in [-0.2, 0) is 23.0 Å². The Kier molecular flexibility index (Phi) is 5.94. The molecule has 1 aromatic heterocycles. The van der Waals surface area contributed by atoms with Crippen molar-refractivity contribution in [2.75, 3.05) is 37.0 Å². The minimum atomic E-state index is -3.73. The molecular weight excluding hydrogens is 456 g/mol. The van der Waals surface area contributed by atoms with Crippen LogP contribution in [0.3, 0.4) is 0 Å². The van der Waals surface area contributed by atoms with Crippen LogP contribution in [0.4, 0.5) is 5.69 Å². The molecule has 1 saturated heterocycles. The Labute approximate surface area is 198 Å². The van der Waals surface area contributed by atoms with E-state index in [2.05, 4.69) is 15.3 Å². The standard InChI is InChI=1S/C24H26N4O3S2/c1-18-25-21(17-32-18)16-26-11-13-27(14-12-26)24(29)20-6-4-7-22(15-20)33(30,31)28-10-9-19-5-2-3-8-23(19)28/h2-8,15,17H,9-14,16H2,1H3. The first-order chi connectivity index (χ1) is 15.9. The number of carbonyl (C=O) groups is 1. The summed E-state index contributed by atoms with van der Waals surface area (Å²) in [6.07, 6.45) is 0.693. The number of sulfonamides is 1. The van der Waals surface area contributed by atoms with Gasteiger partial charge in [0.15, 0.2) is 0 Å². The van der Waals surface area contributed by atoms with Crippen LogP contribution in [-0.4, -0.2) is 61.8 Å². The maximum absolute atomic E-state index is 13.4. The smallest absolute Gasteiger partial charge is 0.264 e. The van der Waals surface area contributed by atoms with Crippen LogP contribution < -0.4 is 4.31 Å². The van der Waals surface area contributed by atoms with E-state index in [1.807, 2.05) is 31.2 Å². The van der Waals surface area contributed by atoms with Crippen LogP contribution in [0, 0.1) is 6.92 Å². The number of anilines is 1. The van der Waals surface area contributed by atoms with E-state index in [-0.39, 0.29) is 10.8 Å². The van der Waals surface area contributed by atoms with E-state index in [0.717, 1.165) is 41.6 Å². The van der Waals surface area contributed by atoms with Gasteiger partial charge < -0.3 is 4.90 Å². The predicted octanol–water partition coefficient (Wildman–Crippen LogP) is 3.16. The molecule has 33 heavy (non-hydrogen) atoms. The highest BCUT2D eigenvalue weighted by Crippen LogP contribution is 2.32. The van der Waals surface area contributed by atoms with Gasteiger partial charge >= 0.3 is 0 Å². The normalized spacial score (nSPS) is 16.8. The van der Waals surface area contributed by atoms with Crippen LogP contribution in [0.15, 0.2) is 58.8 Å². The fraction of sp³-hybridized carbons (Fsp3) is 0.333. The molecule has 0 atom stereocenters. The second kappa shape index (κ2) is 8.89. The summed E-state index contributed by atoms with van der Waals surface area (Å²) in [4.78, 5) is 21.9. The highest BCUT2D eigenvalue weighted by Gasteiger charge is 2.31. The Hall–Kier alpha value is -2.75. The van der Waals surface area contributed by atoms with Gasteiger partial charge in [-0.3, -0.25) is 14.0 Å². The summed E-state index contributed by atoms with van der Waals surface area (Å²) >= 11 is 1.65. The van der Waals surface area contributed by atoms with Crippen LogP contribution in [0.5, 0.6) is 0 Å². The number of amides is 1. The van der Waals surface area contributed by atoms with Crippen molar-refractivity contribution in [2.45, 2.75) is 24.8 Å². The first kappa shape index (κ1) is 22.1. The molecule has 5 rings (SSSR count). The van der Waals surface area contributed by atoms with E-state index in [1.165, 1.54) is 10.4 Å². The molecular formula is C24H26N4O3S2. The number of carbonyl (C=O) groups excluding carboxylic acids is 1. The molecule has 2 aliphatic rings. The van der Waals surface area contributed by atoms with Crippen molar-refractivity contribution in [2.24, 2.45) is 0 Å². The van der Waals surface area contributed by atoms with Crippen molar-refractivity contribution in [3.8, 4) is 0 Å². The molecule has 172 valence electrons. The number of thiazole rings is 1. The number of rotatable bonds is 5. The van der Waals surface area contributed by atoms with Gasteiger partial charge in [-0.2, -0.15) is 0 Å². The lowest BCUT2D eigenvalue weighted by Gasteiger charge is -2.34. The van der Waals surface area contributed by atoms with Crippen molar-refractivity contribution < 1.29 is 13.2 Å². The average Bonchev–Trinajstić information content (AvgIpc) is 3.45. The zero-order valence-corrected chi connectivity index (χ0v) is 20.1. The van der Waals surface area contributed by atoms with Crippen LogP contribution in [0.1, 0.15) is 26.6 Å². The Morgan fingerprint density at radius 3 is 2.58 bits per heavy atom. The molecule has 0 aliphatic carbocycles. The highest BCUT2D eigenvalue weighted by atomic mass is 32.2. The summed E-state index contributed by atoms with van der Waals surface area (Å²) < 4.78 is 28.2. The number of para-hydroxylation sites is 1. The number of aromatic nitrogens is 1. The maximum Gasteiger partial charge on any atom is 0.264 e. The Balaban J connectivity index is 1.28. The summed E-state index contributed by atoms with van der Waals surface area (Å²) in [5.41, 5.74) is 3.23. The number of aryl methyl sites for hydroxylation is 1. The molecule has 1 amide bonds. The average molecular weight is 483 g/mol. The summed E-state index contributed by atoms with van der Waals surface area (Å²) in [6.45, 7) is 5.96. The lowest BCUT2D eigenvalue weighted by Crippen LogP contribution is -2.48. The van der Waals surface area contributed by atoms with Gasteiger partial charge in [0, 0.05) is 50.2 Å². The molecule has 3 heterocycles. The van der Waals surface area contributed by atoms with E-state index >= 15 is 0 Å². The fourth-order valence-corrected chi connectivity index (χ4v) is 6.63. The van der Waals surface area contributed by atoms with Crippen LogP contribution in [0.2, 0.25) is 0 Å². The zero-order valence-electron chi connectivity index (χ0n) is 18.5. The number of nitrogens with zero attached hydrogens (tertiary/aromatic N) is 4. The number of hydrogen-bond acceptors (Lipinski definition) is 6. The first-order valence-electron chi connectivity index (χ1n) is 11.1. The van der Waals surface area contributed by atoms with E-state index in [4.69, 9.17) is 0 Å². The van der Waals surface area contributed by atoms with Gasteiger partial charge in [-0.15, -0.1) is 11.3 Å². The lowest BCUT2D eigenvalue weighted by atomic mass is 10.2. The monoisotopic (exact) mass is 482 g/mol. The summed E-state index contributed by atoms with van der Waals surface area (Å²) in [7, 11) is -3.73. The number of piperazine rings is 1. The number of hydrogen-bond donors (Lipinski definition) is 0. The Morgan fingerprint density at radius 1 is 1.03 bits per heavy atom. The second-order valence-corrected chi connectivity index (χ2v) is 11.3. The molecule has 0 radical (unpaired) electrons. The predicted molar refractivity (Wildman–Crippen MR) is 129 cm³/mol. The van der Waals surface area contributed by atoms with Gasteiger partial charge in [-0.25, -0.2) is 13.4 Å². The van der Waals surface area contributed by atoms with Crippen molar-refractivity contribution in [1.82, 2.24) is 14.8 Å². The summed E-state index contributed by atoms with van der Waals surface area (Å²) in [6, 6.07) is 14.0. The molecule has 0 unspecified atom stereocenters. The van der Waals surface area contributed by atoms with Gasteiger partial charge in [0.1, 0.15) is 0 Å². The Morgan fingerprint density at radius 2 is 1.82 bits per heavy atom. The molecule has 3 aromatic rings. The second-order valence-electron chi connectivity index (χ2n) is 8.41. The summed E-state index contributed by atoms with van der Waals surface area (Å²) in [5, 5.41) is 3.14. The number of fused-ring (bicyclic) bond motifs is 1. The quantitative estimate of drug-likeness (QED) is 0.559. The molecule has 2 aromatic carbocycles. The van der Waals surface area contributed by atoms with E-state index < -0.39 is 10.0 Å². The van der Waals surface area contributed by atoms with Crippen LogP contribution in [0.25, 0.3) is 0 Å². The summed E-state index contributed by atoms with van der Waals surface area (Å²) in [5.74, 6) is -0.127. The molecule has 0 bridgehead atoms. The molecule has 0 spiro atoms. The third kappa shape index (κ3) is 4.40. The van der Waals surface area contributed by atoms with Gasteiger partial charge in [0.05, 0.1) is 21.3 Å². The maximum atomic E-state index is 13.4. The van der Waals surface area contributed by atoms with E-state index in [1.54, 1.807) is 34.4 Å². The molecule has 1 fully saturated rings. The zero-order chi connectivity index (χ0) is 23.0. The third-order valence-electron chi connectivity index (χ3n) is 6.23. The van der Waals surface area contributed by atoms with Gasteiger partial charge in [0.2, 0.25) is 0 Å². The van der Waals surface area contributed by atoms with Gasteiger partial charge in [-0.1, -0.05) is 24.3 Å². The highest BCUT2D eigenvalue weighted by molar-refractivity contribution is 7.92. The van der Waals surface area contributed by atoms with E-state index in [9.17, 15) is 13.2 Å². The van der Waals surface area contributed by atoms with Crippen molar-refractivity contribution in [3.63, 3.8) is 0 Å². The molecule has 2 aliphatic heterocycles. The minimum Gasteiger partial charge on any atom is -0.336 e. The fourth-order valence-electron chi connectivity index (χ4n) is 4.48.